The maximum Gasteiger partial charge on any atom is 0.0698 e. The molecule has 0 amide bonds. The van der Waals surface area contributed by atoms with Crippen LogP contribution >= 0.6 is 11.3 Å². The van der Waals surface area contributed by atoms with Crippen LogP contribution in [0.4, 0.5) is 0 Å². The van der Waals surface area contributed by atoms with Crippen molar-refractivity contribution >= 4 is 11.3 Å². The van der Waals surface area contributed by atoms with Crippen molar-refractivity contribution in [1.82, 2.24) is 0 Å². The topological polar surface area (TPSA) is 20.2 Å². The highest BCUT2D eigenvalue weighted by Crippen LogP contribution is 2.39. The molecule has 0 saturated heterocycles. The van der Waals surface area contributed by atoms with Crippen molar-refractivity contribution in [3.63, 3.8) is 0 Å². The Balaban J connectivity index is 2.06. The molecule has 0 aromatic carbocycles. The fourth-order valence-electron chi connectivity index (χ4n) is 1.23. The normalized spacial score (nSPS) is 20.2. The first-order valence-electron chi connectivity index (χ1n) is 3.94. The smallest absolute Gasteiger partial charge is 0.0698 e. The highest BCUT2D eigenvalue weighted by Gasteiger charge is 2.40. The summed E-state index contributed by atoms with van der Waals surface area (Å²) in [4.78, 5) is 1.32. The van der Waals surface area contributed by atoms with E-state index in [1.807, 2.05) is 0 Å². The lowest BCUT2D eigenvalue weighted by Crippen LogP contribution is -2.09. The summed E-state index contributed by atoms with van der Waals surface area (Å²) < 4.78 is 0. The summed E-state index contributed by atoms with van der Waals surface area (Å²) in [5.41, 5.74) is 0.992. The van der Waals surface area contributed by atoms with Crippen molar-refractivity contribution in [3.05, 3.63) is 21.9 Å². The van der Waals surface area contributed by atoms with Gasteiger partial charge in [0.05, 0.1) is 5.60 Å². The number of aliphatic hydroxyl groups is 1. The van der Waals surface area contributed by atoms with E-state index in [9.17, 15) is 5.11 Å². The van der Waals surface area contributed by atoms with Crippen molar-refractivity contribution in [2.75, 3.05) is 0 Å². The van der Waals surface area contributed by atoms with Gasteiger partial charge < -0.3 is 5.11 Å². The zero-order chi connectivity index (χ0) is 7.90. The molecule has 1 aromatic heterocycles. The molecule has 60 valence electrons. The Morgan fingerprint density at radius 1 is 1.64 bits per heavy atom. The van der Waals surface area contributed by atoms with Gasteiger partial charge in [-0.05, 0) is 36.8 Å². The largest absolute Gasteiger partial charge is 0.390 e. The first kappa shape index (κ1) is 7.32. The fraction of sp³-hybridized carbons (Fsp3) is 0.556. The van der Waals surface area contributed by atoms with Gasteiger partial charge in [-0.2, -0.15) is 0 Å². The lowest BCUT2D eigenvalue weighted by atomic mass is 10.2. The Hall–Kier alpha value is -0.340. The second-order valence-corrected chi connectivity index (χ2v) is 4.49. The van der Waals surface area contributed by atoms with Crippen LogP contribution in [0.5, 0.6) is 0 Å². The van der Waals surface area contributed by atoms with Crippen LogP contribution in [0, 0.1) is 6.92 Å². The molecule has 0 bridgehead atoms. The number of aryl methyl sites for hydroxylation is 1. The quantitative estimate of drug-likeness (QED) is 0.717. The van der Waals surface area contributed by atoms with Crippen LogP contribution in [0.3, 0.4) is 0 Å². The molecular formula is C9H12OS. The molecule has 2 heteroatoms. The van der Waals surface area contributed by atoms with E-state index in [2.05, 4.69) is 18.4 Å². The Morgan fingerprint density at radius 3 is 2.82 bits per heavy atom. The third-order valence-corrected chi connectivity index (χ3v) is 3.17. The first-order chi connectivity index (χ1) is 5.18. The van der Waals surface area contributed by atoms with Gasteiger partial charge in [0.25, 0.3) is 0 Å². The van der Waals surface area contributed by atoms with Crippen LogP contribution in [0.2, 0.25) is 0 Å². The van der Waals surface area contributed by atoms with Crippen molar-refractivity contribution in [3.8, 4) is 0 Å². The van der Waals surface area contributed by atoms with E-state index in [0.717, 1.165) is 19.3 Å². The van der Waals surface area contributed by atoms with Gasteiger partial charge in [-0.15, -0.1) is 11.3 Å². The van der Waals surface area contributed by atoms with Crippen LogP contribution in [-0.4, -0.2) is 10.7 Å². The maximum absolute atomic E-state index is 9.60. The minimum absolute atomic E-state index is 0.322. The van der Waals surface area contributed by atoms with Crippen molar-refractivity contribution in [1.29, 1.82) is 0 Å². The summed E-state index contributed by atoms with van der Waals surface area (Å²) in [5.74, 6) is 0. The average molecular weight is 168 g/mol. The van der Waals surface area contributed by atoms with Gasteiger partial charge in [0, 0.05) is 11.3 Å². The number of hydrogen-bond donors (Lipinski definition) is 1. The van der Waals surface area contributed by atoms with Gasteiger partial charge >= 0.3 is 0 Å². The predicted molar refractivity (Wildman–Crippen MR) is 46.9 cm³/mol. The molecule has 1 aromatic rings. The van der Waals surface area contributed by atoms with Crippen LogP contribution in [0.15, 0.2) is 11.4 Å². The zero-order valence-corrected chi connectivity index (χ0v) is 7.45. The molecule has 0 aliphatic heterocycles. The number of hydrogen-bond acceptors (Lipinski definition) is 2. The van der Waals surface area contributed by atoms with E-state index in [4.69, 9.17) is 0 Å². The van der Waals surface area contributed by atoms with Crippen molar-refractivity contribution in [2.24, 2.45) is 0 Å². The van der Waals surface area contributed by atoms with Crippen LogP contribution in [0.25, 0.3) is 0 Å². The molecule has 0 radical (unpaired) electrons. The van der Waals surface area contributed by atoms with E-state index < -0.39 is 0 Å². The molecule has 1 fully saturated rings. The molecule has 2 rings (SSSR count). The molecule has 1 N–H and O–H groups in total. The Bertz CT molecular complexity index is 260. The lowest BCUT2D eigenvalue weighted by Gasteiger charge is -2.02. The fourth-order valence-corrected chi connectivity index (χ4v) is 2.24. The summed E-state index contributed by atoms with van der Waals surface area (Å²) in [6.07, 6.45) is 2.85. The lowest BCUT2D eigenvalue weighted by molar-refractivity contribution is 0.152. The molecule has 0 unspecified atom stereocenters. The molecule has 11 heavy (non-hydrogen) atoms. The van der Waals surface area contributed by atoms with E-state index in [1.54, 1.807) is 11.3 Å². The van der Waals surface area contributed by atoms with Crippen LogP contribution in [0.1, 0.15) is 23.3 Å². The van der Waals surface area contributed by atoms with E-state index in [1.165, 1.54) is 10.4 Å². The van der Waals surface area contributed by atoms with Crippen LogP contribution in [-0.2, 0) is 6.42 Å². The van der Waals surface area contributed by atoms with E-state index >= 15 is 0 Å². The minimum Gasteiger partial charge on any atom is -0.390 e. The van der Waals surface area contributed by atoms with Gasteiger partial charge in [-0.3, -0.25) is 0 Å². The van der Waals surface area contributed by atoms with Gasteiger partial charge in [0.1, 0.15) is 0 Å². The first-order valence-corrected chi connectivity index (χ1v) is 4.82. The molecule has 0 atom stereocenters. The third kappa shape index (κ3) is 1.63. The monoisotopic (exact) mass is 168 g/mol. The summed E-state index contributed by atoms with van der Waals surface area (Å²) in [5, 5.41) is 11.7. The van der Waals surface area contributed by atoms with Crippen molar-refractivity contribution in [2.45, 2.75) is 31.8 Å². The summed E-state index contributed by atoms with van der Waals surface area (Å²) >= 11 is 1.76. The van der Waals surface area contributed by atoms with Crippen LogP contribution < -0.4 is 0 Å². The third-order valence-electron chi connectivity index (χ3n) is 2.12. The summed E-state index contributed by atoms with van der Waals surface area (Å²) in [6.45, 7) is 2.09. The van der Waals surface area contributed by atoms with Gasteiger partial charge in [0.15, 0.2) is 0 Å². The van der Waals surface area contributed by atoms with E-state index in [-0.39, 0.29) is 5.60 Å². The average Bonchev–Trinajstić information content (AvgIpc) is 2.49. The zero-order valence-electron chi connectivity index (χ0n) is 6.63. The number of rotatable bonds is 2. The maximum atomic E-state index is 9.60. The molecule has 1 nitrogen and oxygen atoms in total. The van der Waals surface area contributed by atoms with Crippen molar-refractivity contribution < 1.29 is 5.11 Å². The van der Waals surface area contributed by atoms with Gasteiger partial charge in [-0.25, -0.2) is 0 Å². The molecule has 1 aliphatic rings. The minimum atomic E-state index is -0.322. The number of thiophene rings is 1. The van der Waals surface area contributed by atoms with Gasteiger partial charge in [0.2, 0.25) is 0 Å². The SMILES string of the molecule is Cc1csc(CC2(O)CC2)c1. The molecular weight excluding hydrogens is 156 g/mol. The second kappa shape index (κ2) is 2.32. The Morgan fingerprint density at radius 2 is 2.36 bits per heavy atom. The van der Waals surface area contributed by atoms with Gasteiger partial charge in [-0.1, -0.05) is 0 Å². The molecule has 1 aliphatic carbocycles. The summed E-state index contributed by atoms with van der Waals surface area (Å²) in [7, 11) is 0. The standard InChI is InChI=1S/C9H12OS/c1-7-4-8(11-6-7)5-9(10)2-3-9/h4,6,10H,2-3,5H2,1H3. The molecule has 1 heterocycles. The second-order valence-electron chi connectivity index (χ2n) is 3.49. The molecule has 1 saturated carbocycles. The molecule has 0 spiro atoms. The summed E-state index contributed by atoms with van der Waals surface area (Å²) in [6, 6.07) is 2.17. The predicted octanol–water partition coefficient (Wildman–Crippen LogP) is 2.12. The highest BCUT2D eigenvalue weighted by molar-refractivity contribution is 7.10. The highest BCUT2D eigenvalue weighted by atomic mass is 32.1. The Labute approximate surface area is 70.7 Å². The van der Waals surface area contributed by atoms with E-state index in [0.29, 0.717) is 0 Å². The Kier molecular flexibility index (Phi) is 1.55.